The third-order valence-electron chi connectivity index (χ3n) is 6.18. The van der Waals surface area contributed by atoms with Gasteiger partial charge in [-0.15, -0.1) is 0 Å². The number of hydrogen-bond acceptors (Lipinski definition) is 5. The van der Waals surface area contributed by atoms with Gasteiger partial charge in [0.2, 0.25) is 0 Å². The maximum absolute atomic E-state index is 13.4. The van der Waals surface area contributed by atoms with Crippen LogP contribution in [0.15, 0.2) is 39.6 Å². The van der Waals surface area contributed by atoms with Crippen LogP contribution in [0.25, 0.3) is 10.9 Å². The Morgan fingerprint density at radius 3 is 2.69 bits per heavy atom. The van der Waals surface area contributed by atoms with Crippen LogP contribution in [0.1, 0.15) is 72.7 Å². The molecule has 1 aliphatic carbocycles. The van der Waals surface area contributed by atoms with Crippen LogP contribution in [0.3, 0.4) is 0 Å². The van der Waals surface area contributed by atoms with Gasteiger partial charge in [0.1, 0.15) is 11.6 Å². The molecule has 2 fully saturated rings. The molecule has 2 aromatic heterocycles. The molecule has 0 spiro atoms. The lowest BCUT2D eigenvalue weighted by Gasteiger charge is -2.28. The maximum atomic E-state index is 13.4. The fraction of sp³-hybridized carbons (Fsp3) is 0.455. The van der Waals surface area contributed by atoms with Gasteiger partial charge in [-0.2, -0.15) is 0 Å². The van der Waals surface area contributed by atoms with E-state index >= 15 is 0 Å². The largest absolute Gasteiger partial charge is 0.361 e. The SMILES string of the molecule is Cc1cc(C(=O)N2CCCC2c2nc3ccccc3c(=O)n2C2CCCC2)no1. The van der Waals surface area contributed by atoms with Gasteiger partial charge in [-0.3, -0.25) is 14.2 Å². The highest BCUT2D eigenvalue weighted by Crippen LogP contribution is 2.36. The van der Waals surface area contributed by atoms with E-state index in [0.29, 0.717) is 34.7 Å². The molecule has 150 valence electrons. The molecule has 1 saturated carbocycles. The second-order valence-corrected chi connectivity index (χ2v) is 8.08. The Morgan fingerprint density at radius 2 is 1.93 bits per heavy atom. The number of para-hydroxylation sites is 1. The summed E-state index contributed by atoms with van der Waals surface area (Å²) in [6, 6.07) is 9.09. The van der Waals surface area contributed by atoms with Crippen LogP contribution in [-0.2, 0) is 0 Å². The smallest absolute Gasteiger partial charge is 0.276 e. The normalized spacial score (nSPS) is 20.0. The lowest BCUT2D eigenvalue weighted by Crippen LogP contribution is -2.36. The van der Waals surface area contributed by atoms with Crippen molar-refractivity contribution in [1.29, 1.82) is 0 Å². The molecule has 1 aliphatic heterocycles. The summed E-state index contributed by atoms with van der Waals surface area (Å²) in [5.41, 5.74) is 1.01. The Bertz CT molecular complexity index is 1130. The second-order valence-electron chi connectivity index (χ2n) is 8.08. The van der Waals surface area contributed by atoms with Crippen molar-refractivity contribution >= 4 is 16.8 Å². The zero-order valence-electron chi connectivity index (χ0n) is 16.5. The van der Waals surface area contributed by atoms with Crippen molar-refractivity contribution in [3.05, 3.63) is 58.0 Å². The number of aromatic nitrogens is 3. The van der Waals surface area contributed by atoms with Crippen molar-refractivity contribution in [3.8, 4) is 0 Å². The number of rotatable bonds is 3. The van der Waals surface area contributed by atoms with Crippen LogP contribution in [0.2, 0.25) is 0 Å². The molecule has 0 N–H and O–H groups in total. The third-order valence-corrected chi connectivity index (χ3v) is 6.18. The minimum absolute atomic E-state index is 0.00841. The average Bonchev–Trinajstić information content (AvgIpc) is 3.49. The molecule has 29 heavy (non-hydrogen) atoms. The van der Waals surface area contributed by atoms with E-state index in [4.69, 9.17) is 9.51 Å². The van der Waals surface area contributed by atoms with Crippen LogP contribution in [0.4, 0.5) is 0 Å². The summed E-state index contributed by atoms with van der Waals surface area (Å²) in [6.07, 6.45) is 5.87. The molecule has 2 aliphatic rings. The van der Waals surface area contributed by atoms with Crippen molar-refractivity contribution in [3.63, 3.8) is 0 Å². The maximum Gasteiger partial charge on any atom is 0.276 e. The number of amides is 1. The summed E-state index contributed by atoms with van der Waals surface area (Å²) in [5.74, 6) is 1.16. The zero-order chi connectivity index (χ0) is 20.0. The molecular weight excluding hydrogens is 368 g/mol. The summed E-state index contributed by atoms with van der Waals surface area (Å²) < 4.78 is 6.99. The summed E-state index contributed by atoms with van der Waals surface area (Å²) in [7, 11) is 0. The summed E-state index contributed by atoms with van der Waals surface area (Å²) in [4.78, 5) is 33.3. The first kappa shape index (κ1) is 18.1. The molecule has 0 radical (unpaired) electrons. The van der Waals surface area contributed by atoms with Crippen LogP contribution in [0.5, 0.6) is 0 Å². The van der Waals surface area contributed by atoms with Crippen LogP contribution in [-0.4, -0.2) is 32.1 Å². The van der Waals surface area contributed by atoms with E-state index in [1.54, 1.807) is 17.9 Å². The van der Waals surface area contributed by atoms with Gasteiger partial charge < -0.3 is 9.42 Å². The highest BCUT2D eigenvalue weighted by Gasteiger charge is 2.36. The van der Waals surface area contributed by atoms with E-state index < -0.39 is 0 Å². The number of nitrogens with zero attached hydrogens (tertiary/aromatic N) is 4. The summed E-state index contributed by atoms with van der Waals surface area (Å²) >= 11 is 0. The third kappa shape index (κ3) is 3.05. The predicted octanol–water partition coefficient (Wildman–Crippen LogP) is 3.79. The first-order valence-corrected chi connectivity index (χ1v) is 10.4. The van der Waals surface area contributed by atoms with Gasteiger partial charge in [0.15, 0.2) is 5.69 Å². The molecule has 7 heteroatoms. The standard InChI is InChI=1S/C22H24N4O3/c1-14-13-18(24-29-14)22(28)25-12-6-11-19(25)20-23-17-10-5-4-9-16(17)21(27)26(20)15-7-2-3-8-15/h4-5,9-10,13,15,19H,2-3,6-8,11-12H2,1H3. The number of carbonyl (C=O) groups is 1. The van der Waals surface area contributed by atoms with E-state index in [0.717, 1.165) is 38.5 Å². The van der Waals surface area contributed by atoms with Crippen molar-refractivity contribution in [2.75, 3.05) is 6.54 Å². The Morgan fingerprint density at radius 1 is 1.14 bits per heavy atom. The molecule has 1 amide bonds. The van der Waals surface area contributed by atoms with Gasteiger partial charge in [-0.1, -0.05) is 30.1 Å². The van der Waals surface area contributed by atoms with Crippen molar-refractivity contribution < 1.29 is 9.32 Å². The van der Waals surface area contributed by atoms with Gasteiger partial charge >= 0.3 is 0 Å². The number of hydrogen-bond donors (Lipinski definition) is 0. The minimum Gasteiger partial charge on any atom is -0.361 e. The van der Waals surface area contributed by atoms with Crippen molar-refractivity contribution in [1.82, 2.24) is 19.6 Å². The van der Waals surface area contributed by atoms with Crippen LogP contribution >= 0.6 is 0 Å². The summed E-state index contributed by atoms with van der Waals surface area (Å²) in [5, 5.41) is 4.55. The highest BCUT2D eigenvalue weighted by atomic mass is 16.5. The molecule has 5 rings (SSSR count). The summed E-state index contributed by atoms with van der Waals surface area (Å²) in [6.45, 7) is 2.40. The molecule has 0 bridgehead atoms. The Kier molecular flexibility index (Phi) is 4.45. The fourth-order valence-electron chi connectivity index (χ4n) is 4.81. The minimum atomic E-state index is -0.225. The molecule has 3 aromatic rings. The number of aryl methyl sites for hydroxylation is 1. The van der Waals surface area contributed by atoms with Crippen molar-refractivity contribution in [2.45, 2.75) is 57.5 Å². The monoisotopic (exact) mass is 392 g/mol. The quantitative estimate of drug-likeness (QED) is 0.677. The molecule has 1 aromatic carbocycles. The van der Waals surface area contributed by atoms with Gasteiger partial charge in [-0.05, 0) is 44.7 Å². The van der Waals surface area contributed by atoms with Gasteiger partial charge in [-0.25, -0.2) is 4.98 Å². The number of benzene rings is 1. The molecule has 7 nitrogen and oxygen atoms in total. The van der Waals surface area contributed by atoms with Gasteiger partial charge in [0.05, 0.1) is 16.9 Å². The Balaban J connectivity index is 1.63. The van der Waals surface area contributed by atoms with Crippen molar-refractivity contribution in [2.24, 2.45) is 0 Å². The fourth-order valence-corrected chi connectivity index (χ4v) is 4.81. The van der Waals surface area contributed by atoms with Gasteiger partial charge in [0, 0.05) is 18.7 Å². The number of carbonyl (C=O) groups excluding carboxylic acids is 1. The molecular formula is C22H24N4O3. The van der Waals surface area contributed by atoms with E-state index in [9.17, 15) is 9.59 Å². The Labute approximate surface area is 168 Å². The van der Waals surface area contributed by atoms with E-state index in [2.05, 4.69) is 5.16 Å². The first-order chi connectivity index (χ1) is 14.1. The lowest BCUT2D eigenvalue weighted by molar-refractivity contribution is 0.0714. The molecule has 1 saturated heterocycles. The zero-order valence-corrected chi connectivity index (χ0v) is 16.5. The van der Waals surface area contributed by atoms with Crippen LogP contribution < -0.4 is 5.56 Å². The molecule has 1 unspecified atom stereocenters. The van der Waals surface area contributed by atoms with E-state index in [1.165, 1.54) is 0 Å². The molecule has 3 heterocycles. The number of likely N-dealkylation sites (tertiary alicyclic amines) is 1. The van der Waals surface area contributed by atoms with E-state index in [-0.39, 0.29) is 23.6 Å². The highest BCUT2D eigenvalue weighted by molar-refractivity contribution is 5.92. The topological polar surface area (TPSA) is 81.2 Å². The number of fused-ring (bicyclic) bond motifs is 1. The van der Waals surface area contributed by atoms with E-state index in [1.807, 2.05) is 28.8 Å². The first-order valence-electron chi connectivity index (χ1n) is 10.4. The Hall–Kier alpha value is -2.96. The predicted molar refractivity (Wildman–Crippen MR) is 108 cm³/mol. The van der Waals surface area contributed by atoms with Crippen LogP contribution in [0, 0.1) is 6.92 Å². The lowest BCUT2D eigenvalue weighted by atomic mass is 10.1. The second kappa shape index (κ2) is 7.13. The van der Waals surface area contributed by atoms with Gasteiger partial charge in [0.25, 0.3) is 11.5 Å². The molecule has 1 atom stereocenters. The average molecular weight is 392 g/mol.